The maximum Gasteiger partial charge on any atom is 0.274 e. The molecule has 29 heavy (non-hydrogen) atoms. The smallest absolute Gasteiger partial charge is 0.274 e. The Labute approximate surface area is 166 Å². The standard InChI is InChI=1S/C22H19N3O4/c1-12(21-23-19-8-4-14(22(27)25-28)10-20(19)24-21)16-6-3-13-9-15(29-2)5-7-17(13)18(16)11-26/h3-12,28H,1-2H3,(H,23,24)(H,25,27)/t12-/m0/s1. The molecule has 7 nitrogen and oxygen atoms in total. The fraction of sp³-hybridized carbons (Fsp3) is 0.136. The molecule has 1 aromatic heterocycles. The van der Waals surface area contributed by atoms with Gasteiger partial charge in [-0.15, -0.1) is 0 Å². The molecule has 0 unspecified atom stereocenters. The molecular formula is C22H19N3O4. The number of aldehydes is 1. The van der Waals surface area contributed by atoms with E-state index >= 15 is 0 Å². The van der Waals surface area contributed by atoms with Crippen molar-refractivity contribution in [1.29, 1.82) is 0 Å². The Morgan fingerprint density at radius 2 is 2.03 bits per heavy atom. The normalized spacial score (nSPS) is 12.1. The number of H-pyrrole nitrogens is 1. The number of fused-ring (bicyclic) bond motifs is 2. The first kappa shape index (κ1) is 18.6. The fourth-order valence-corrected chi connectivity index (χ4v) is 3.57. The van der Waals surface area contributed by atoms with Crippen molar-refractivity contribution >= 4 is 34.0 Å². The van der Waals surface area contributed by atoms with Gasteiger partial charge in [-0.05, 0) is 52.7 Å². The highest BCUT2D eigenvalue weighted by Crippen LogP contribution is 2.32. The minimum atomic E-state index is -0.593. The van der Waals surface area contributed by atoms with Crippen LogP contribution in [0.1, 0.15) is 44.9 Å². The lowest BCUT2D eigenvalue weighted by atomic mass is 9.91. The summed E-state index contributed by atoms with van der Waals surface area (Å²) in [5.74, 6) is 0.640. The second-order valence-corrected chi connectivity index (χ2v) is 6.79. The summed E-state index contributed by atoms with van der Waals surface area (Å²) in [4.78, 5) is 31.4. The van der Waals surface area contributed by atoms with Crippen molar-refractivity contribution in [2.45, 2.75) is 12.8 Å². The molecule has 7 heteroatoms. The van der Waals surface area contributed by atoms with Gasteiger partial charge in [0.05, 0.1) is 18.1 Å². The highest BCUT2D eigenvalue weighted by Gasteiger charge is 2.19. The Bertz CT molecular complexity index is 1250. The first-order chi connectivity index (χ1) is 14.0. The molecule has 1 atom stereocenters. The average Bonchev–Trinajstić information content (AvgIpc) is 3.20. The second-order valence-electron chi connectivity index (χ2n) is 6.79. The molecule has 3 aromatic carbocycles. The van der Waals surface area contributed by atoms with Crippen LogP contribution in [0.15, 0.2) is 48.5 Å². The number of hydrogen-bond donors (Lipinski definition) is 3. The predicted molar refractivity (Wildman–Crippen MR) is 109 cm³/mol. The topological polar surface area (TPSA) is 104 Å². The van der Waals surface area contributed by atoms with Crippen LogP contribution in [0.2, 0.25) is 0 Å². The summed E-state index contributed by atoms with van der Waals surface area (Å²) in [6, 6.07) is 14.4. The minimum Gasteiger partial charge on any atom is -0.497 e. The number of benzene rings is 3. The first-order valence-electron chi connectivity index (χ1n) is 9.05. The Kier molecular flexibility index (Phi) is 4.74. The Morgan fingerprint density at radius 3 is 2.76 bits per heavy atom. The molecule has 0 fully saturated rings. The molecule has 0 spiro atoms. The molecule has 0 saturated carbocycles. The van der Waals surface area contributed by atoms with E-state index in [4.69, 9.17) is 9.94 Å². The van der Waals surface area contributed by atoms with Gasteiger partial charge >= 0.3 is 0 Å². The summed E-state index contributed by atoms with van der Waals surface area (Å²) >= 11 is 0. The van der Waals surface area contributed by atoms with Gasteiger partial charge in [-0.3, -0.25) is 14.8 Å². The number of carbonyl (C=O) groups is 2. The minimum absolute atomic E-state index is 0.177. The van der Waals surface area contributed by atoms with Crippen LogP contribution in [0.3, 0.4) is 0 Å². The van der Waals surface area contributed by atoms with Crippen molar-refractivity contribution in [1.82, 2.24) is 15.4 Å². The van der Waals surface area contributed by atoms with Crippen LogP contribution >= 0.6 is 0 Å². The van der Waals surface area contributed by atoms with Crippen LogP contribution in [-0.2, 0) is 0 Å². The monoisotopic (exact) mass is 389 g/mol. The zero-order valence-electron chi connectivity index (χ0n) is 15.9. The molecule has 0 aliphatic rings. The van der Waals surface area contributed by atoms with Gasteiger partial charge in [-0.25, -0.2) is 10.5 Å². The number of hydrogen-bond acceptors (Lipinski definition) is 5. The number of imidazole rings is 1. The quantitative estimate of drug-likeness (QED) is 0.274. The van der Waals surface area contributed by atoms with E-state index in [-0.39, 0.29) is 5.92 Å². The number of rotatable bonds is 5. The molecule has 4 rings (SSSR count). The van der Waals surface area contributed by atoms with Gasteiger partial charge in [0.1, 0.15) is 11.6 Å². The number of aromatic amines is 1. The summed E-state index contributed by atoms with van der Waals surface area (Å²) in [7, 11) is 1.61. The summed E-state index contributed by atoms with van der Waals surface area (Å²) in [6.07, 6.45) is 0.868. The average molecular weight is 389 g/mol. The van der Waals surface area contributed by atoms with E-state index in [1.807, 2.05) is 37.3 Å². The molecule has 0 aliphatic carbocycles. The molecular weight excluding hydrogens is 370 g/mol. The lowest BCUT2D eigenvalue weighted by molar-refractivity contribution is 0.0706. The zero-order chi connectivity index (χ0) is 20.5. The van der Waals surface area contributed by atoms with Gasteiger partial charge in [0.25, 0.3) is 5.91 Å². The van der Waals surface area contributed by atoms with Crippen LogP contribution in [0.4, 0.5) is 0 Å². The third-order valence-electron chi connectivity index (χ3n) is 5.16. The molecule has 0 aliphatic heterocycles. The van der Waals surface area contributed by atoms with Crippen molar-refractivity contribution in [2.24, 2.45) is 0 Å². The number of nitrogens with one attached hydrogen (secondary N) is 2. The van der Waals surface area contributed by atoms with Crippen molar-refractivity contribution in [3.05, 3.63) is 71.0 Å². The predicted octanol–water partition coefficient (Wildman–Crippen LogP) is 3.81. The molecule has 3 N–H and O–H groups in total. The third kappa shape index (κ3) is 3.21. The largest absolute Gasteiger partial charge is 0.497 e. The van der Waals surface area contributed by atoms with Gasteiger partial charge in [0.15, 0.2) is 6.29 Å². The lowest BCUT2D eigenvalue weighted by Crippen LogP contribution is -2.18. The van der Waals surface area contributed by atoms with E-state index in [0.29, 0.717) is 28.0 Å². The number of amides is 1. The molecule has 1 heterocycles. The number of carbonyl (C=O) groups excluding carboxylic acids is 2. The van der Waals surface area contributed by atoms with Gasteiger partial charge in [-0.1, -0.05) is 19.1 Å². The number of nitrogens with zero attached hydrogens (tertiary/aromatic N) is 1. The molecule has 0 saturated heterocycles. The zero-order valence-corrected chi connectivity index (χ0v) is 15.9. The van der Waals surface area contributed by atoms with Gasteiger partial charge in [0.2, 0.25) is 0 Å². The summed E-state index contributed by atoms with van der Waals surface area (Å²) in [6.45, 7) is 1.97. The van der Waals surface area contributed by atoms with Crippen molar-refractivity contribution in [3.63, 3.8) is 0 Å². The molecule has 4 aromatic rings. The van der Waals surface area contributed by atoms with Crippen molar-refractivity contribution < 1.29 is 19.5 Å². The van der Waals surface area contributed by atoms with Crippen LogP contribution < -0.4 is 10.2 Å². The maximum absolute atomic E-state index is 11.9. The summed E-state index contributed by atoms with van der Waals surface area (Å²) < 4.78 is 5.26. The van der Waals surface area contributed by atoms with E-state index in [0.717, 1.165) is 28.4 Å². The van der Waals surface area contributed by atoms with Gasteiger partial charge < -0.3 is 9.72 Å². The van der Waals surface area contributed by atoms with Crippen LogP contribution in [0.25, 0.3) is 21.8 Å². The second kappa shape index (κ2) is 7.37. The molecule has 146 valence electrons. The number of methoxy groups -OCH3 is 1. The highest BCUT2D eigenvalue weighted by atomic mass is 16.5. The van der Waals surface area contributed by atoms with Crippen LogP contribution in [0.5, 0.6) is 5.75 Å². The van der Waals surface area contributed by atoms with E-state index in [2.05, 4.69) is 9.97 Å². The number of hydroxylamine groups is 1. The fourth-order valence-electron chi connectivity index (χ4n) is 3.57. The Morgan fingerprint density at radius 1 is 1.21 bits per heavy atom. The molecule has 1 amide bonds. The van der Waals surface area contributed by atoms with Gasteiger partial charge in [0, 0.05) is 17.0 Å². The third-order valence-corrected chi connectivity index (χ3v) is 5.16. The van der Waals surface area contributed by atoms with Crippen LogP contribution in [-0.4, -0.2) is 34.5 Å². The van der Waals surface area contributed by atoms with Crippen molar-refractivity contribution in [2.75, 3.05) is 7.11 Å². The summed E-state index contributed by atoms with van der Waals surface area (Å²) in [5.41, 5.74) is 4.76. The lowest BCUT2D eigenvalue weighted by Gasteiger charge is -2.14. The Hall–Kier alpha value is -3.71. The Balaban J connectivity index is 1.79. The molecule has 0 bridgehead atoms. The number of aromatic nitrogens is 2. The van der Waals surface area contributed by atoms with Crippen LogP contribution in [0, 0.1) is 0 Å². The molecule has 0 radical (unpaired) electrons. The number of ether oxygens (including phenoxy) is 1. The maximum atomic E-state index is 11.9. The summed E-state index contributed by atoms with van der Waals surface area (Å²) in [5, 5.41) is 10.6. The van der Waals surface area contributed by atoms with E-state index < -0.39 is 5.91 Å². The van der Waals surface area contributed by atoms with Gasteiger partial charge in [-0.2, -0.15) is 0 Å². The highest BCUT2D eigenvalue weighted by molar-refractivity contribution is 6.00. The SMILES string of the molecule is COc1ccc2c(C=O)c([C@H](C)c3nc4ccc(C(=O)NO)cc4[nH]3)ccc2c1. The first-order valence-corrected chi connectivity index (χ1v) is 9.05. The van der Waals surface area contributed by atoms with E-state index in [9.17, 15) is 9.59 Å². The van der Waals surface area contributed by atoms with Crippen molar-refractivity contribution in [3.8, 4) is 5.75 Å². The van der Waals surface area contributed by atoms with E-state index in [1.54, 1.807) is 30.8 Å². The van der Waals surface area contributed by atoms with E-state index in [1.165, 1.54) is 0 Å².